The van der Waals surface area contributed by atoms with Gasteiger partial charge in [-0.3, -0.25) is 9.59 Å². The standard InChI is InChI=1S/C20H24N2O4/c1-4-17(14-7-5-13(2)6-8-14)22-19(23)12-26-18-11-15(25-3)9-10-16(18)20(21)24/h5-11,17H,4,12H2,1-3H3,(H2,21,24)(H,22,23)/t17-/m0/s1. The van der Waals surface area contributed by atoms with Crippen molar-refractivity contribution in [3.05, 3.63) is 59.2 Å². The number of carbonyl (C=O) groups is 2. The third-order valence-corrected chi connectivity index (χ3v) is 4.04. The van der Waals surface area contributed by atoms with Crippen molar-refractivity contribution in [2.45, 2.75) is 26.3 Å². The number of primary amides is 1. The summed E-state index contributed by atoms with van der Waals surface area (Å²) < 4.78 is 10.6. The molecule has 0 aliphatic heterocycles. The molecular weight excluding hydrogens is 332 g/mol. The third kappa shape index (κ3) is 4.99. The van der Waals surface area contributed by atoms with Crippen LogP contribution in [0.2, 0.25) is 0 Å². The highest BCUT2D eigenvalue weighted by Gasteiger charge is 2.15. The lowest BCUT2D eigenvalue weighted by Gasteiger charge is -2.18. The molecule has 0 spiro atoms. The zero-order valence-electron chi connectivity index (χ0n) is 15.2. The number of rotatable bonds is 8. The van der Waals surface area contributed by atoms with Crippen molar-refractivity contribution in [3.63, 3.8) is 0 Å². The Morgan fingerprint density at radius 2 is 1.85 bits per heavy atom. The van der Waals surface area contributed by atoms with Gasteiger partial charge in [0.2, 0.25) is 0 Å². The second kappa shape index (κ2) is 8.89. The number of amides is 2. The maximum atomic E-state index is 12.3. The zero-order chi connectivity index (χ0) is 19.1. The molecule has 6 nitrogen and oxygen atoms in total. The molecule has 2 aromatic rings. The van der Waals surface area contributed by atoms with Crippen molar-refractivity contribution in [3.8, 4) is 11.5 Å². The van der Waals surface area contributed by atoms with E-state index in [9.17, 15) is 9.59 Å². The summed E-state index contributed by atoms with van der Waals surface area (Å²) in [4.78, 5) is 23.8. The van der Waals surface area contributed by atoms with Gasteiger partial charge in [-0.15, -0.1) is 0 Å². The Kier molecular flexibility index (Phi) is 6.60. The molecule has 2 amide bonds. The first-order valence-corrected chi connectivity index (χ1v) is 8.41. The van der Waals surface area contributed by atoms with Crippen LogP contribution in [-0.4, -0.2) is 25.5 Å². The Bertz CT molecular complexity index is 772. The fourth-order valence-corrected chi connectivity index (χ4v) is 2.55. The molecule has 0 heterocycles. The van der Waals surface area contributed by atoms with E-state index in [2.05, 4.69) is 5.32 Å². The molecule has 6 heteroatoms. The number of hydrogen-bond donors (Lipinski definition) is 2. The first-order chi connectivity index (χ1) is 12.4. The largest absolute Gasteiger partial charge is 0.497 e. The van der Waals surface area contributed by atoms with E-state index in [1.165, 1.54) is 19.2 Å². The van der Waals surface area contributed by atoms with Crippen molar-refractivity contribution >= 4 is 11.8 Å². The molecule has 0 bridgehead atoms. The van der Waals surface area contributed by atoms with Crippen LogP contribution in [0.1, 0.15) is 40.9 Å². The highest BCUT2D eigenvalue weighted by atomic mass is 16.5. The molecular formula is C20H24N2O4. The average molecular weight is 356 g/mol. The van der Waals surface area contributed by atoms with Crippen LogP contribution < -0.4 is 20.5 Å². The fourth-order valence-electron chi connectivity index (χ4n) is 2.55. The molecule has 0 aliphatic carbocycles. The normalized spacial score (nSPS) is 11.5. The van der Waals surface area contributed by atoms with Crippen LogP contribution in [0.25, 0.3) is 0 Å². The number of carbonyl (C=O) groups excluding carboxylic acids is 2. The Labute approximate surface area is 153 Å². The van der Waals surface area contributed by atoms with E-state index in [0.29, 0.717) is 5.75 Å². The lowest BCUT2D eigenvalue weighted by molar-refractivity contribution is -0.123. The van der Waals surface area contributed by atoms with Gasteiger partial charge >= 0.3 is 0 Å². The van der Waals surface area contributed by atoms with Gasteiger partial charge in [0.05, 0.1) is 18.7 Å². The van der Waals surface area contributed by atoms with Crippen molar-refractivity contribution in [1.29, 1.82) is 0 Å². The summed E-state index contributed by atoms with van der Waals surface area (Å²) in [6, 6.07) is 12.6. The Morgan fingerprint density at radius 1 is 1.15 bits per heavy atom. The summed E-state index contributed by atoms with van der Waals surface area (Å²) in [6.07, 6.45) is 0.750. The van der Waals surface area contributed by atoms with Crippen LogP contribution >= 0.6 is 0 Å². The minimum Gasteiger partial charge on any atom is -0.497 e. The molecule has 3 N–H and O–H groups in total. The summed E-state index contributed by atoms with van der Waals surface area (Å²) in [7, 11) is 1.50. The van der Waals surface area contributed by atoms with E-state index in [0.717, 1.165) is 17.5 Å². The predicted octanol–water partition coefficient (Wildman–Crippen LogP) is 2.75. The monoisotopic (exact) mass is 356 g/mol. The van der Waals surface area contributed by atoms with E-state index < -0.39 is 5.91 Å². The predicted molar refractivity (Wildman–Crippen MR) is 99.4 cm³/mol. The quantitative estimate of drug-likeness (QED) is 0.761. The van der Waals surface area contributed by atoms with Gasteiger partial charge in [0.25, 0.3) is 11.8 Å². The molecule has 26 heavy (non-hydrogen) atoms. The van der Waals surface area contributed by atoms with Crippen LogP contribution in [0.5, 0.6) is 11.5 Å². The SMILES string of the molecule is CC[C@H](NC(=O)COc1cc(OC)ccc1C(N)=O)c1ccc(C)cc1. The summed E-state index contributed by atoms with van der Waals surface area (Å²) in [5.74, 6) is -0.184. The molecule has 2 rings (SSSR count). The number of ether oxygens (including phenoxy) is 2. The van der Waals surface area contributed by atoms with Gasteiger partial charge in [-0.25, -0.2) is 0 Å². The maximum Gasteiger partial charge on any atom is 0.258 e. The highest BCUT2D eigenvalue weighted by molar-refractivity contribution is 5.96. The molecule has 0 unspecified atom stereocenters. The fraction of sp³-hybridized carbons (Fsp3) is 0.300. The van der Waals surface area contributed by atoms with E-state index in [4.69, 9.17) is 15.2 Å². The molecule has 0 radical (unpaired) electrons. The minimum absolute atomic E-state index is 0.104. The van der Waals surface area contributed by atoms with Gasteiger partial charge in [-0.2, -0.15) is 0 Å². The summed E-state index contributed by atoms with van der Waals surface area (Å²) in [6.45, 7) is 3.79. The number of nitrogens with one attached hydrogen (secondary N) is 1. The Hall–Kier alpha value is -3.02. The van der Waals surface area contributed by atoms with Crippen LogP contribution in [0.15, 0.2) is 42.5 Å². The van der Waals surface area contributed by atoms with Crippen LogP contribution in [0.3, 0.4) is 0 Å². The van der Waals surface area contributed by atoms with Gasteiger partial charge in [-0.05, 0) is 31.0 Å². The van der Waals surface area contributed by atoms with E-state index in [1.807, 2.05) is 38.1 Å². The maximum absolute atomic E-state index is 12.3. The third-order valence-electron chi connectivity index (χ3n) is 4.04. The van der Waals surface area contributed by atoms with Crippen molar-refractivity contribution < 1.29 is 19.1 Å². The van der Waals surface area contributed by atoms with Gasteiger partial charge in [0.1, 0.15) is 11.5 Å². The molecule has 138 valence electrons. The van der Waals surface area contributed by atoms with Crippen LogP contribution in [0, 0.1) is 6.92 Å². The van der Waals surface area contributed by atoms with E-state index in [1.54, 1.807) is 6.07 Å². The molecule has 0 aromatic heterocycles. The van der Waals surface area contributed by atoms with Crippen molar-refractivity contribution in [2.75, 3.05) is 13.7 Å². The summed E-state index contributed by atoms with van der Waals surface area (Å²) >= 11 is 0. The van der Waals surface area contributed by atoms with Crippen molar-refractivity contribution in [2.24, 2.45) is 5.73 Å². The van der Waals surface area contributed by atoms with Crippen molar-refractivity contribution in [1.82, 2.24) is 5.32 Å². The summed E-state index contributed by atoms with van der Waals surface area (Å²) in [5.41, 5.74) is 7.74. The number of benzene rings is 2. The van der Waals surface area contributed by atoms with E-state index in [-0.39, 0.29) is 29.9 Å². The number of aryl methyl sites for hydroxylation is 1. The minimum atomic E-state index is -0.630. The average Bonchev–Trinajstić information content (AvgIpc) is 2.64. The Balaban J connectivity index is 2.03. The van der Waals surface area contributed by atoms with Crippen LogP contribution in [0.4, 0.5) is 0 Å². The molecule has 1 atom stereocenters. The molecule has 0 fully saturated rings. The zero-order valence-corrected chi connectivity index (χ0v) is 15.2. The van der Waals surface area contributed by atoms with E-state index >= 15 is 0 Å². The number of hydrogen-bond acceptors (Lipinski definition) is 4. The number of nitrogens with two attached hydrogens (primary N) is 1. The highest BCUT2D eigenvalue weighted by Crippen LogP contribution is 2.24. The van der Waals surface area contributed by atoms with Gasteiger partial charge in [0, 0.05) is 6.07 Å². The van der Waals surface area contributed by atoms with Gasteiger partial charge in [-0.1, -0.05) is 36.8 Å². The second-order valence-electron chi connectivity index (χ2n) is 5.95. The second-order valence-corrected chi connectivity index (χ2v) is 5.95. The number of methoxy groups -OCH3 is 1. The molecule has 2 aromatic carbocycles. The van der Waals surface area contributed by atoms with Gasteiger partial charge in [0.15, 0.2) is 6.61 Å². The Morgan fingerprint density at radius 3 is 2.42 bits per heavy atom. The smallest absolute Gasteiger partial charge is 0.258 e. The lowest BCUT2D eigenvalue weighted by Crippen LogP contribution is -2.32. The molecule has 0 saturated heterocycles. The first-order valence-electron chi connectivity index (χ1n) is 8.41. The topological polar surface area (TPSA) is 90.7 Å². The first kappa shape index (κ1) is 19.3. The van der Waals surface area contributed by atoms with Crippen LogP contribution in [-0.2, 0) is 4.79 Å². The summed E-state index contributed by atoms with van der Waals surface area (Å²) in [5, 5.41) is 2.94. The molecule has 0 saturated carbocycles. The van der Waals surface area contributed by atoms with Gasteiger partial charge < -0.3 is 20.5 Å². The molecule has 0 aliphatic rings. The lowest BCUT2D eigenvalue weighted by atomic mass is 10.0.